The van der Waals surface area contributed by atoms with E-state index in [1.54, 1.807) is 19.9 Å². The molecule has 0 spiro atoms. The third-order valence-electron chi connectivity index (χ3n) is 2.00. The summed E-state index contributed by atoms with van der Waals surface area (Å²) in [6.45, 7) is 4.04. The van der Waals surface area contributed by atoms with Crippen LogP contribution in [-0.4, -0.2) is 15.6 Å². The summed E-state index contributed by atoms with van der Waals surface area (Å²) in [7, 11) is 2.05. The molecular weight excluding hydrogens is 306 g/mol. The van der Waals surface area contributed by atoms with Crippen LogP contribution in [0.4, 0.5) is 0 Å². The topological polar surface area (TPSA) is 68.5 Å². The Balaban J connectivity index is 0.00000225. The van der Waals surface area contributed by atoms with Gasteiger partial charge in [0.25, 0.3) is 5.97 Å². The van der Waals surface area contributed by atoms with E-state index < -0.39 is 11.5 Å². The van der Waals surface area contributed by atoms with Crippen LogP contribution in [0.25, 0.3) is 0 Å². The van der Waals surface area contributed by atoms with Crippen LogP contribution >= 0.6 is 9.47 Å². The van der Waals surface area contributed by atoms with Gasteiger partial charge < -0.3 is 19.0 Å². The molecule has 0 amide bonds. The first-order valence-electron chi connectivity index (χ1n) is 4.14. The average molecular weight is 317 g/mol. The summed E-state index contributed by atoms with van der Waals surface area (Å²) in [6.07, 6.45) is 0. The molecule has 1 atom stereocenters. The second-order valence-electron chi connectivity index (χ2n) is 3.04. The molecule has 7 heteroatoms. The second kappa shape index (κ2) is 6.38. The average Bonchev–Trinajstić information content (AvgIpc) is 2.18. The second-order valence-corrected chi connectivity index (χ2v) is 3.27. The first-order chi connectivity index (χ1) is 6.97. The predicted octanol–water partition coefficient (Wildman–Crippen LogP) is 0.726. The summed E-state index contributed by atoms with van der Waals surface area (Å²) in [5.74, 6) is -0.739. The van der Waals surface area contributed by atoms with Gasteiger partial charge in [-0.3, -0.25) is 4.79 Å². The van der Waals surface area contributed by atoms with Crippen LogP contribution in [0.2, 0.25) is 0 Å². The molecule has 0 saturated heterocycles. The minimum atomic E-state index is -1.17. The maximum Gasteiger partial charge on any atom is 0.288 e. The number of pyridine rings is 1. The maximum atomic E-state index is 11.7. The van der Waals surface area contributed by atoms with Crippen molar-refractivity contribution in [3.8, 4) is 5.75 Å². The van der Waals surface area contributed by atoms with Crippen molar-refractivity contribution in [3.63, 3.8) is 0 Å². The summed E-state index contributed by atoms with van der Waals surface area (Å²) in [5, 5.41) is 8.58. The van der Waals surface area contributed by atoms with Gasteiger partial charge in [-0.05, 0) is 19.0 Å². The van der Waals surface area contributed by atoms with Crippen molar-refractivity contribution in [1.82, 2.24) is 4.57 Å². The van der Waals surface area contributed by atoms with Crippen LogP contribution in [0.3, 0.4) is 0 Å². The zero-order chi connectivity index (χ0) is 11.6. The van der Waals surface area contributed by atoms with Crippen LogP contribution in [0.15, 0.2) is 10.9 Å². The minimum absolute atomic E-state index is 0. The molecule has 5 nitrogen and oxygen atoms in total. The number of carboxylic acid groups (broad SMARTS) is 1. The van der Waals surface area contributed by atoms with E-state index >= 15 is 0 Å². The zero-order valence-electron chi connectivity index (χ0n) is 8.93. The molecule has 1 aromatic heterocycles. The van der Waals surface area contributed by atoms with Crippen LogP contribution in [0.1, 0.15) is 11.3 Å². The Morgan fingerprint density at radius 3 is 2.56 bits per heavy atom. The van der Waals surface area contributed by atoms with Gasteiger partial charge in [-0.1, -0.05) is 18.7 Å². The summed E-state index contributed by atoms with van der Waals surface area (Å²) in [6, 6.07) is 1.60. The Morgan fingerprint density at radius 1 is 1.56 bits per heavy atom. The fourth-order valence-corrected chi connectivity index (χ4v) is 1.45. The van der Waals surface area contributed by atoms with Gasteiger partial charge >= 0.3 is 0 Å². The van der Waals surface area contributed by atoms with E-state index in [1.165, 1.54) is 0 Å². The maximum absolute atomic E-state index is 11.7. The molecule has 0 aliphatic heterocycles. The van der Waals surface area contributed by atoms with E-state index in [0.29, 0.717) is 17.0 Å². The zero-order valence-corrected chi connectivity index (χ0v) is 12.9. The Kier molecular flexibility index (Phi) is 6.23. The van der Waals surface area contributed by atoms with Crippen molar-refractivity contribution in [2.24, 2.45) is 0 Å². The number of rotatable bonds is 3. The van der Waals surface area contributed by atoms with Crippen molar-refractivity contribution >= 4 is 15.4 Å². The Bertz CT molecular complexity index is 458. The van der Waals surface area contributed by atoms with Crippen LogP contribution in [0, 0.1) is 20.4 Å². The molecule has 1 rings (SSSR count). The fraction of sp³-hybridized carbons (Fsp3) is 0.222. The monoisotopic (exact) mass is 317 g/mol. The molecule has 85 valence electrons. The van der Waals surface area contributed by atoms with Crippen LogP contribution < -0.4 is 10.1 Å². The first-order valence-corrected chi connectivity index (χ1v) is 4.61. The first kappa shape index (κ1) is 15.6. The molecule has 1 N–H and O–H groups in total. The van der Waals surface area contributed by atoms with Crippen LogP contribution in [0.5, 0.6) is 5.75 Å². The van der Waals surface area contributed by atoms with E-state index in [2.05, 4.69) is 0 Å². The SMILES string of the molecule is Cc1c(OP)cc(C)n([CH-]C(=O)O)c1=O.[Y]. The summed E-state index contributed by atoms with van der Waals surface area (Å²) in [4.78, 5) is 22.2. The van der Waals surface area contributed by atoms with Gasteiger partial charge in [0.2, 0.25) is 0 Å². The number of nitrogens with zero attached hydrogens (tertiary/aromatic N) is 1. The van der Waals surface area contributed by atoms with Crippen molar-refractivity contribution in [2.45, 2.75) is 13.8 Å². The van der Waals surface area contributed by atoms with Crippen LogP contribution in [-0.2, 0) is 37.5 Å². The normalized spacial score (nSPS) is 9.19. The molecule has 16 heavy (non-hydrogen) atoms. The molecular formula is C9H11NO4PY-. The van der Waals surface area contributed by atoms with E-state index in [4.69, 9.17) is 9.63 Å². The third kappa shape index (κ3) is 3.31. The molecule has 1 heterocycles. The molecule has 0 aromatic carbocycles. The van der Waals surface area contributed by atoms with Crippen molar-refractivity contribution < 1.29 is 47.1 Å². The predicted molar refractivity (Wildman–Crippen MR) is 57.8 cm³/mol. The number of hydrogen-bond acceptors (Lipinski definition) is 3. The molecule has 1 aromatic rings. The smallest absolute Gasteiger partial charge is 0.288 e. The minimum Gasteiger partial charge on any atom is -0.486 e. The van der Waals surface area contributed by atoms with Gasteiger partial charge in [0.1, 0.15) is 11.3 Å². The molecule has 0 aliphatic rings. The summed E-state index contributed by atoms with van der Waals surface area (Å²) < 4.78 is 5.98. The molecule has 0 saturated carbocycles. The number of carbonyl (C=O) groups is 1. The van der Waals surface area contributed by atoms with E-state index in [1.807, 2.05) is 9.47 Å². The number of aromatic nitrogens is 1. The number of aryl methyl sites for hydroxylation is 1. The Hall–Kier alpha value is -0.376. The van der Waals surface area contributed by atoms with E-state index in [0.717, 1.165) is 11.1 Å². The van der Waals surface area contributed by atoms with Gasteiger partial charge in [0, 0.05) is 32.7 Å². The molecule has 0 aliphatic carbocycles. The van der Waals surface area contributed by atoms with Gasteiger partial charge in [-0.2, -0.15) is 0 Å². The summed E-state index contributed by atoms with van der Waals surface area (Å²) in [5.41, 5.74) is 0.480. The number of aliphatic carboxylic acids is 1. The fourth-order valence-electron chi connectivity index (χ4n) is 1.21. The molecule has 1 radical (unpaired) electrons. The van der Waals surface area contributed by atoms with Gasteiger partial charge in [0.05, 0.1) is 9.47 Å². The standard InChI is InChI=1S/C9H11NO4P.Y/c1-5-3-7(14-15)6(2)9(13)10(5)4-8(11)12;/h3-4H,15H2,1-2H3,(H,11,12);/q-1;. The third-order valence-corrected chi connectivity index (χ3v) is 2.25. The van der Waals surface area contributed by atoms with Crippen molar-refractivity contribution in [3.05, 3.63) is 34.2 Å². The van der Waals surface area contributed by atoms with E-state index in [-0.39, 0.29) is 32.7 Å². The van der Waals surface area contributed by atoms with Crippen molar-refractivity contribution in [2.75, 3.05) is 0 Å². The number of carboxylic acids is 1. The molecule has 1 unspecified atom stereocenters. The largest absolute Gasteiger partial charge is 0.486 e. The Labute approximate surface area is 120 Å². The number of hydrogen-bond donors (Lipinski definition) is 1. The molecule has 0 bridgehead atoms. The van der Waals surface area contributed by atoms with Crippen molar-refractivity contribution in [1.29, 1.82) is 0 Å². The Morgan fingerprint density at radius 2 is 2.12 bits per heavy atom. The van der Waals surface area contributed by atoms with Gasteiger partial charge in [-0.25, -0.2) is 0 Å². The molecule has 0 fully saturated rings. The van der Waals surface area contributed by atoms with Gasteiger partial charge in [0.15, 0.2) is 0 Å². The summed E-state index contributed by atoms with van der Waals surface area (Å²) >= 11 is 0. The van der Waals surface area contributed by atoms with E-state index in [9.17, 15) is 9.59 Å². The quantitative estimate of drug-likeness (QED) is 0.659. The van der Waals surface area contributed by atoms with Gasteiger partial charge in [-0.15, -0.1) is 0 Å².